The Labute approximate surface area is 198 Å². The molecule has 0 saturated heterocycles. The first kappa shape index (κ1) is 22.8. The third-order valence-corrected chi connectivity index (χ3v) is 6.93. The first-order valence-corrected chi connectivity index (χ1v) is 12.4. The van der Waals surface area contributed by atoms with E-state index in [0.29, 0.717) is 23.0 Å². The number of hydrazine groups is 1. The lowest BCUT2D eigenvalue weighted by molar-refractivity contribution is -0.121. The number of aryl methyl sites for hydroxylation is 1. The highest BCUT2D eigenvalue weighted by molar-refractivity contribution is 7.20. The maximum absolute atomic E-state index is 12.9. The molecular weight excluding hydrogens is 458 g/mol. The molecule has 0 aliphatic rings. The molecular formula is C23H23N5O3S2. The number of unbranched alkanes of at least 4 members (excludes halogenated alkanes) is 2. The molecule has 8 nitrogen and oxygen atoms in total. The molecule has 0 spiro atoms. The van der Waals surface area contributed by atoms with E-state index in [0.717, 1.165) is 29.1 Å². The summed E-state index contributed by atoms with van der Waals surface area (Å²) in [6.07, 6.45) is 2.80. The van der Waals surface area contributed by atoms with E-state index in [9.17, 15) is 14.4 Å². The number of aromatic nitrogens is 3. The molecule has 3 heterocycles. The topological polar surface area (TPSA) is 106 Å². The van der Waals surface area contributed by atoms with E-state index in [1.807, 2.05) is 22.9 Å². The molecule has 2 amide bonds. The van der Waals surface area contributed by atoms with Gasteiger partial charge in [0.2, 0.25) is 5.91 Å². The van der Waals surface area contributed by atoms with Gasteiger partial charge in [-0.1, -0.05) is 44.0 Å². The molecule has 10 heteroatoms. The number of amides is 2. The zero-order chi connectivity index (χ0) is 23.2. The van der Waals surface area contributed by atoms with Gasteiger partial charge in [0.15, 0.2) is 5.69 Å². The minimum atomic E-state index is -0.582. The van der Waals surface area contributed by atoms with Gasteiger partial charge in [-0.2, -0.15) is 5.10 Å². The van der Waals surface area contributed by atoms with Gasteiger partial charge in [0.1, 0.15) is 5.01 Å². The van der Waals surface area contributed by atoms with Crippen molar-refractivity contribution >= 4 is 45.3 Å². The van der Waals surface area contributed by atoms with Crippen LogP contribution in [0.4, 0.5) is 0 Å². The number of hydrogen-bond donors (Lipinski definition) is 2. The van der Waals surface area contributed by atoms with E-state index >= 15 is 0 Å². The van der Waals surface area contributed by atoms with Gasteiger partial charge < -0.3 is 0 Å². The molecule has 0 saturated carbocycles. The summed E-state index contributed by atoms with van der Waals surface area (Å²) in [6, 6.07) is 10.8. The fourth-order valence-corrected chi connectivity index (χ4v) is 5.00. The number of carbonyl (C=O) groups is 2. The average Bonchev–Trinajstić information content (AvgIpc) is 3.51. The Bertz CT molecular complexity index is 1330. The van der Waals surface area contributed by atoms with Crippen LogP contribution in [0, 0.1) is 0 Å². The molecule has 0 radical (unpaired) electrons. The number of carbonyl (C=O) groups excluding carboxylic acids is 2. The standard InChI is InChI=1S/C23H23N5O3S2/c1-2-3-6-11-28-23(31)17-9-5-4-8-16(17)20(27-28)21(30)26-25-19(29)13-15-14-33-22(24-15)18-10-7-12-32-18/h4-5,7-10,12,14H,2-3,6,11,13H2,1H3,(H,25,29)(H,26,30). The van der Waals surface area contributed by atoms with Gasteiger partial charge in [0.25, 0.3) is 11.5 Å². The van der Waals surface area contributed by atoms with Crippen molar-refractivity contribution in [3.05, 3.63) is 68.9 Å². The van der Waals surface area contributed by atoms with Crippen LogP contribution in [-0.2, 0) is 17.8 Å². The summed E-state index contributed by atoms with van der Waals surface area (Å²) in [6.45, 7) is 2.51. The van der Waals surface area contributed by atoms with Crippen LogP contribution in [0.2, 0.25) is 0 Å². The molecule has 0 atom stereocenters. The Hall–Kier alpha value is -3.37. The van der Waals surface area contributed by atoms with Crippen molar-refractivity contribution in [2.24, 2.45) is 0 Å². The molecule has 3 aromatic heterocycles. The van der Waals surface area contributed by atoms with E-state index in [4.69, 9.17) is 0 Å². The van der Waals surface area contributed by atoms with Crippen molar-refractivity contribution in [3.8, 4) is 9.88 Å². The predicted molar refractivity (Wildman–Crippen MR) is 130 cm³/mol. The number of nitrogens with zero attached hydrogens (tertiary/aromatic N) is 3. The van der Waals surface area contributed by atoms with Crippen molar-refractivity contribution < 1.29 is 9.59 Å². The molecule has 2 N–H and O–H groups in total. The summed E-state index contributed by atoms with van der Waals surface area (Å²) in [5.74, 6) is -0.978. The zero-order valence-corrected chi connectivity index (χ0v) is 19.7. The van der Waals surface area contributed by atoms with Crippen molar-refractivity contribution in [2.45, 2.75) is 39.2 Å². The van der Waals surface area contributed by atoms with E-state index < -0.39 is 11.8 Å². The lowest BCUT2D eigenvalue weighted by atomic mass is 10.1. The minimum absolute atomic E-state index is 0.0346. The minimum Gasteiger partial charge on any atom is -0.273 e. The summed E-state index contributed by atoms with van der Waals surface area (Å²) in [4.78, 5) is 43.5. The molecule has 4 rings (SSSR count). The Kier molecular flexibility index (Phi) is 7.26. The molecule has 0 bridgehead atoms. The summed E-state index contributed by atoms with van der Waals surface area (Å²) >= 11 is 3.06. The lowest BCUT2D eigenvalue weighted by Crippen LogP contribution is -2.43. The summed E-state index contributed by atoms with van der Waals surface area (Å²) < 4.78 is 1.33. The monoisotopic (exact) mass is 481 g/mol. The third kappa shape index (κ3) is 5.35. The largest absolute Gasteiger partial charge is 0.290 e. The fraction of sp³-hybridized carbons (Fsp3) is 0.261. The van der Waals surface area contributed by atoms with E-state index in [2.05, 4.69) is 27.9 Å². The summed E-state index contributed by atoms with van der Waals surface area (Å²) in [5.41, 5.74) is 5.34. The predicted octanol–water partition coefficient (Wildman–Crippen LogP) is 3.78. The first-order chi connectivity index (χ1) is 16.1. The van der Waals surface area contributed by atoms with Crippen molar-refractivity contribution in [2.75, 3.05) is 0 Å². The van der Waals surface area contributed by atoms with Gasteiger partial charge >= 0.3 is 0 Å². The van der Waals surface area contributed by atoms with Crippen molar-refractivity contribution in [1.82, 2.24) is 25.6 Å². The smallest absolute Gasteiger partial charge is 0.273 e. The number of rotatable bonds is 8. The lowest BCUT2D eigenvalue weighted by Gasteiger charge is -2.11. The second-order valence-electron chi connectivity index (χ2n) is 7.43. The van der Waals surface area contributed by atoms with Gasteiger partial charge in [-0.05, 0) is 23.9 Å². The number of nitrogens with one attached hydrogen (secondary N) is 2. The van der Waals surface area contributed by atoms with Gasteiger partial charge in [-0.3, -0.25) is 25.2 Å². The Morgan fingerprint density at radius 3 is 2.61 bits per heavy atom. The number of thiophene rings is 1. The third-order valence-electron chi connectivity index (χ3n) is 5.00. The van der Waals surface area contributed by atoms with Crippen LogP contribution >= 0.6 is 22.7 Å². The molecule has 0 fully saturated rings. The number of benzene rings is 1. The number of thiazole rings is 1. The Balaban J connectivity index is 1.45. The van der Waals surface area contributed by atoms with E-state index in [-0.39, 0.29) is 17.7 Å². The van der Waals surface area contributed by atoms with Crippen molar-refractivity contribution in [1.29, 1.82) is 0 Å². The average molecular weight is 482 g/mol. The quantitative estimate of drug-likeness (QED) is 0.294. The Morgan fingerprint density at radius 1 is 1.03 bits per heavy atom. The highest BCUT2D eigenvalue weighted by Crippen LogP contribution is 2.27. The fourth-order valence-electron chi connectivity index (χ4n) is 3.36. The highest BCUT2D eigenvalue weighted by Gasteiger charge is 2.17. The van der Waals surface area contributed by atoms with Crippen LogP contribution in [0.3, 0.4) is 0 Å². The van der Waals surface area contributed by atoms with E-state index in [1.54, 1.807) is 35.6 Å². The van der Waals surface area contributed by atoms with E-state index in [1.165, 1.54) is 16.0 Å². The second kappa shape index (κ2) is 10.5. The Morgan fingerprint density at radius 2 is 1.85 bits per heavy atom. The summed E-state index contributed by atoms with van der Waals surface area (Å²) in [7, 11) is 0. The molecule has 0 aliphatic heterocycles. The van der Waals surface area contributed by atoms with Crippen LogP contribution in [0.25, 0.3) is 20.7 Å². The summed E-state index contributed by atoms with van der Waals surface area (Å²) in [5, 5.41) is 9.83. The van der Waals surface area contributed by atoms with Gasteiger partial charge in [0, 0.05) is 17.3 Å². The SMILES string of the molecule is CCCCCn1nc(C(=O)NNC(=O)Cc2csc(-c3cccs3)n2)c2ccccc2c1=O. The molecule has 0 unspecified atom stereocenters. The maximum atomic E-state index is 12.9. The maximum Gasteiger partial charge on any atom is 0.290 e. The zero-order valence-electron chi connectivity index (χ0n) is 18.0. The van der Waals surface area contributed by atoms with Crippen LogP contribution in [0.15, 0.2) is 52.0 Å². The molecule has 1 aromatic carbocycles. The molecule has 33 heavy (non-hydrogen) atoms. The van der Waals surface area contributed by atoms with Crippen molar-refractivity contribution in [3.63, 3.8) is 0 Å². The van der Waals surface area contributed by atoms with Crippen LogP contribution in [-0.4, -0.2) is 26.6 Å². The molecule has 0 aliphatic carbocycles. The van der Waals surface area contributed by atoms with Crippen LogP contribution in [0.5, 0.6) is 0 Å². The van der Waals surface area contributed by atoms with Gasteiger partial charge in [0.05, 0.1) is 22.4 Å². The second-order valence-corrected chi connectivity index (χ2v) is 9.24. The van der Waals surface area contributed by atoms with Gasteiger partial charge in [-0.25, -0.2) is 9.67 Å². The molecule has 170 valence electrons. The number of hydrogen-bond acceptors (Lipinski definition) is 7. The van der Waals surface area contributed by atoms with Crippen LogP contribution < -0.4 is 16.4 Å². The highest BCUT2D eigenvalue weighted by atomic mass is 32.1. The molecule has 4 aromatic rings. The first-order valence-electron chi connectivity index (χ1n) is 10.6. The number of fused-ring (bicyclic) bond motifs is 1. The van der Waals surface area contributed by atoms with Crippen LogP contribution in [0.1, 0.15) is 42.4 Å². The van der Waals surface area contributed by atoms with Gasteiger partial charge in [-0.15, -0.1) is 22.7 Å². The normalized spacial score (nSPS) is 10.9.